The molecule has 0 aliphatic heterocycles. The average molecular weight is 331 g/mol. The Morgan fingerprint density at radius 2 is 2.00 bits per heavy atom. The average Bonchev–Trinajstić information content (AvgIpc) is 2.81. The zero-order chi connectivity index (χ0) is 17.9. The number of pyridine rings is 1. The van der Waals surface area contributed by atoms with Gasteiger partial charge < -0.3 is 19.8 Å². The molecule has 0 radical (unpaired) electrons. The molecule has 0 aliphatic rings. The molecule has 2 aromatic rings. The van der Waals surface area contributed by atoms with Crippen molar-refractivity contribution in [2.24, 2.45) is 0 Å². The van der Waals surface area contributed by atoms with Gasteiger partial charge in [-0.25, -0.2) is 9.78 Å². The number of anilines is 1. The van der Waals surface area contributed by atoms with Gasteiger partial charge in [-0.3, -0.25) is 4.79 Å². The number of esters is 1. The first kappa shape index (κ1) is 17.5. The van der Waals surface area contributed by atoms with Crippen LogP contribution in [0, 0.1) is 13.8 Å². The summed E-state index contributed by atoms with van der Waals surface area (Å²) >= 11 is 0. The maximum absolute atomic E-state index is 12.5. The number of carbonyl (C=O) groups excluding carboxylic acids is 2. The lowest BCUT2D eigenvalue weighted by Gasteiger charge is -2.08. The molecule has 7 heteroatoms. The number of H-pyrrole nitrogens is 1. The second kappa shape index (κ2) is 7.16. The van der Waals surface area contributed by atoms with Crippen LogP contribution in [-0.4, -0.2) is 35.1 Å². The van der Waals surface area contributed by atoms with E-state index in [0.717, 1.165) is 0 Å². The summed E-state index contributed by atoms with van der Waals surface area (Å²) < 4.78 is 10.3. The minimum atomic E-state index is -0.444. The summed E-state index contributed by atoms with van der Waals surface area (Å²) in [7, 11) is 1.50. The fourth-order valence-electron chi connectivity index (χ4n) is 2.35. The Bertz CT molecular complexity index is 765. The Labute approximate surface area is 140 Å². The van der Waals surface area contributed by atoms with Crippen LogP contribution in [0.4, 0.5) is 5.69 Å². The van der Waals surface area contributed by atoms with Crippen LogP contribution in [0.5, 0.6) is 5.88 Å². The van der Waals surface area contributed by atoms with E-state index in [1.165, 1.54) is 13.3 Å². The van der Waals surface area contributed by atoms with E-state index in [-0.39, 0.29) is 12.0 Å². The van der Waals surface area contributed by atoms with E-state index in [0.29, 0.717) is 34.1 Å². The molecule has 7 nitrogen and oxygen atoms in total. The van der Waals surface area contributed by atoms with Gasteiger partial charge in [-0.15, -0.1) is 0 Å². The molecule has 24 heavy (non-hydrogen) atoms. The largest absolute Gasteiger partial charge is 0.481 e. The van der Waals surface area contributed by atoms with Crippen LogP contribution >= 0.6 is 0 Å². The molecule has 2 N–H and O–H groups in total. The number of aromatic amines is 1. The minimum absolute atomic E-state index is 0.229. The van der Waals surface area contributed by atoms with Crippen molar-refractivity contribution in [3.63, 3.8) is 0 Å². The van der Waals surface area contributed by atoms with Gasteiger partial charge in [-0.05, 0) is 39.3 Å². The molecule has 0 spiro atoms. The van der Waals surface area contributed by atoms with Gasteiger partial charge in [0.05, 0.1) is 18.8 Å². The molecule has 0 bridgehead atoms. The summed E-state index contributed by atoms with van der Waals surface area (Å²) in [6.45, 7) is 7.00. The molecule has 2 aromatic heterocycles. The monoisotopic (exact) mass is 331 g/mol. The van der Waals surface area contributed by atoms with Crippen molar-refractivity contribution >= 4 is 17.6 Å². The zero-order valence-electron chi connectivity index (χ0n) is 14.4. The molecular weight excluding hydrogens is 310 g/mol. The predicted molar refractivity (Wildman–Crippen MR) is 89.6 cm³/mol. The van der Waals surface area contributed by atoms with Crippen LogP contribution < -0.4 is 10.1 Å². The Morgan fingerprint density at radius 3 is 2.62 bits per heavy atom. The number of methoxy groups -OCH3 is 1. The second-order valence-electron chi connectivity index (χ2n) is 5.62. The van der Waals surface area contributed by atoms with Gasteiger partial charge in [0.2, 0.25) is 5.88 Å². The molecule has 0 atom stereocenters. The van der Waals surface area contributed by atoms with Gasteiger partial charge >= 0.3 is 5.97 Å². The van der Waals surface area contributed by atoms with Gasteiger partial charge in [0.1, 0.15) is 5.69 Å². The molecule has 2 rings (SSSR count). The quantitative estimate of drug-likeness (QED) is 0.822. The second-order valence-corrected chi connectivity index (χ2v) is 5.62. The Morgan fingerprint density at radius 1 is 1.29 bits per heavy atom. The number of nitrogens with zero attached hydrogens (tertiary/aromatic N) is 1. The maximum Gasteiger partial charge on any atom is 0.340 e. The van der Waals surface area contributed by atoms with Crippen LogP contribution in [0.1, 0.15) is 46.0 Å². The third-order valence-electron chi connectivity index (χ3n) is 3.41. The third kappa shape index (κ3) is 3.73. The smallest absolute Gasteiger partial charge is 0.340 e. The number of rotatable bonds is 5. The Kier molecular flexibility index (Phi) is 5.23. The lowest BCUT2D eigenvalue weighted by Crippen LogP contribution is -2.15. The fourth-order valence-corrected chi connectivity index (χ4v) is 2.35. The molecule has 0 saturated heterocycles. The van der Waals surface area contributed by atoms with E-state index in [9.17, 15) is 9.59 Å². The first-order chi connectivity index (χ1) is 11.3. The van der Waals surface area contributed by atoms with Crippen LogP contribution in [0.3, 0.4) is 0 Å². The van der Waals surface area contributed by atoms with Gasteiger partial charge in [0.25, 0.3) is 5.91 Å². The first-order valence-corrected chi connectivity index (χ1v) is 7.55. The van der Waals surface area contributed by atoms with Crippen LogP contribution in [-0.2, 0) is 4.74 Å². The summed E-state index contributed by atoms with van der Waals surface area (Å²) in [5, 5.41) is 2.75. The van der Waals surface area contributed by atoms with E-state index < -0.39 is 5.97 Å². The van der Waals surface area contributed by atoms with Crippen LogP contribution in [0.2, 0.25) is 0 Å². The summed E-state index contributed by atoms with van der Waals surface area (Å²) in [5.41, 5.74) is 2.40. The number of hydrogen-bond acceptors (Lipinski definition) is 5. The fraction of sp³-hybridized carbons (Fsp3) is 0.353. The molecule has 0 fully saturated rings. The number of hydrogen-bond donors (Lipinski definition) is 2. The van der Waals surface area contributed by atoms with Crippen LogP contribution in [0.25, 0.3) is 0 Å². The highest BCUT2D eigenvalue weighted by molar-refractivity contribution is 6.06. The van der Waals surface area contributed by atoms with Gasteiger partial charge in [-0.2, -0.15) is 0 Å². The van der Waals surface area contributed by atoms with Crippen molar-refractivity contribution in [3.05, 3.63) is 40.8 Å². The van der Waals surface area contributed by atoms with Gasteiger partial charge in [-0.1, -0.05) is 0 Å². The Hall–Kier alpha value is -2.83. The predicted octanol–water partition coefficient (Wildman–Crippen LogP) is 2.85. The molecule has 0 aromatic carbocycles. The first-order valence-electron chi connectivity index (χ1n) is 7.55. The molecule has 0 unspecified atom stereocenters. The van der Waals surface area contributed by atoms with E-state index in [1.807, 2.05) is 0 Å². The number of carbonyl (C=O) groups is 2. The molecule has 0 aliphatic carbocycles. The van der Waals surface area contributed by atoms with E-state index in [2.05, 4.69) is 15.3 Å². The highest BCUT2D eigenvalue weighted by atomic mass is 16.5. The van der Waals surface area contributed by atoms with Crippen molar-refractivity contribution in [2.45, 2.75) is 33.8 Å². The van der Waals surface area contributed by atoms with Crippen molar-refractivity contribution in [2.75, 3.05) is 12.4 Å². The van der Waals surface area contributed by atoms with E-state index >= 15 is 0 Å². The lowest BCUT2D eigenvalue weighted by atomic mass is 10.1. The van der Waals surface area contributed by atoms with Gasteiger partial charge in [0, 0.05) is 23.6 Å². The zero-order valence-corrected chi connectivity index (χ0v) is 14.4. The Balaban J connectivity index is 2.25. The summed E-state index contributed by atoms with van der Waals surface area (Å²) in [4.78, 5) is 31.6. The molecule has 0 saturated carbocycles. The standard InChI is InChI=1S/C17H21N3O4/c1-9(2)24-17(22)14-10(3)15(19-11(14)4)16(21)20-12-6-7-18-13(8-12)23-5/h6-9,19H,1-5H3,(H,18,20,21). The van der Waals surface area contributed by atoms with E-state index in [4.69, 9.17) is 9.47 Å². The maximum atomic E-state index is 12.5. The van der Waals surface area contributed by atoms with Crippen molar-refractivity contribution in [1.82, 2.24) is 9.97 Å². The molecular formula is C17H21N3O4. The summed E-state index contributed by atoms with van der Waals surface area (Å²) in [6.07, 6.45) is 1.31. The summed E-state index contributed by atoms with van der Waals surface area (Å²) in [6, 6.07) is 3.26. The number of aryl methyl sites for hydroxylation is 1. The van der Waals surface area contributed by atoms with Crippen LogP contribution in [0.15, 0.2) is 18.3 Å². The van der Waals surface area contributed by atoms with Gasteiger partial charge in [0.15, 0.2) is 0 Å². The highest BCUT2D eigenvalue weighted by Crippen LogP contribution is 2.21. The third-order valence-corrected chi connectivity index (χ3v) is 3.41. The van der Waals surface area contributed by atoms with E-state index in [1.54, 1.807) is 39.8 Å². The lowest BCUT2D eigenvalue weighted by molar-refractivity contribution is 0.0376. The van der Waals surface area contributed by atoms with Crippen molar-refractivity contribution < 1.29 is 19.1 Å². The topological polar surface area (TPSA) is 93.3 Å². The number of ether oxygens (including phenoxy) is 2. The SMILES string of the molecule is COc1cc(NC(=O)c2[nH]c(C)c(C(=O)OC(C)C)c2C)ccn1. The van der Waals surface area contributed by atoms with Crippen molar-refractivity contribution in [1.29, 1.82) is 0 Å². The normalized spacial score (nSPS) is 10.6. The number of nitrogens with one attached hydrogen (secondary N) is 2. The summed E-state index contributed by atoms with van der Waals surface area (Å²) in [5.74, 6) is -0.401. The number of aromatic nitrogens is 2. The molecule has 2 heterocycles. The molecule has 1 amide bonds. The molecule has 128 valence electrons. The minimum Gasteiger partial charge on any atom is -0.481 e. The van der Waals surface area contributed by atoms with Crippen molar-refractivity contribution in [3.8, 4) is 5.88 Å². The number of amides is 1. The highest BCUT2D eigenvalue weighted by Gasteiger charge is 2.23.